The molecule has 2 aromatic heterocycles. The molecule has 0 radical (unpaired) electrons. The number of piperidine rings is 1. The Balaban J connectivity index is 1.54. The standard InChI is InChI=1S/C24H29N7O4/c1-35-15-14-31-20(19(22(33)29-24(31)34)27-16-17-6-3-2-4-7-17)28-21(32)18-8-12-30(13-9-18)23-25-10-5-11-26-23/h2-7,10-11,18,27H,8-9,12-16H2,1H3,(H,28,32)(H,29,33,34). The number of carbonyl (C=O) groups excluding carboxylic acids is 1. The Morgan fingerprint density at radius 3 is 2.51 bits per heavy atom. The number of aromatic nitrogens is 4. The first kappa shape index (κ1) is 24.1. The number of anilines is 3. The topological polar surface area (TPSA) is 134 Å². The zero-order valence-electron chi connectivity index (χ0n) is 19.6. The number of ether oxygens (including phenoxy) is 1. The minimum Gasteiger partial charge on any atom is -0.383 e. The van der Waals surface area contributed by atoms with Crippen LogP contribution in [-0.4, -0.2) is 52.2 Å². The molecule has 1 aliphatic heterocycles. The Bertz CT molecular complexity index is 1240. The summed E-state index contributed by atoms with van der Waals surface area (Å²) >= 11 is 0. The Hall–Kier alpha value is -3.99. The van der Waals surface area contributed by atoms with E-state index in [1.54, 1.807) is 18.5 Å². The molecule has 0 bridgehead atoms. The van der Waals surface area contributed by atoms with Crippen LogP contribution in [0.4, 0.5) is 17.5 Å². The molecule has 35 heavy (non-hydrogen) atoms. The lowest BCUT2D eigenvalue weighted by Gasteiger charge is -2.31. The summed E-state index contributed by atoms with van der Waals surface area (Å²) in [6, 6.07) is 11.3. The van der Waals surface area contributed by atoms with Crippen LogP contribution in [0.3, 0.4) is 0 Å². The van der Waals surface area contributed by atoms with Crippen LogP contribution in [-0.2, 0) is 22.6 Å². The highest BCUT2D eigenvalue weighted by molar-refractivity contribution is 5.94. The minimum absolute atomic E-state index is 0.132. The van der Waals surface area contributed by atoms with Crippen LogP contribution in [0.1, 0.15) is 18.4 Å². The van der Waals surface area contributed by atoms with Gasteiger partial charge in [0.1, 0.15) is 11.5 Å². The number of amides is 1. The van der Waals surface area contributed by atoms with Gasteiger partial charge in [-0.25, -0.2) is 14.8 Å². The Morgan fingerprint density at radius 2 is 1.83 bits per heavy atom. The van der Waals surface area contributed by atoms with Crippen LogP contribution in [0.25, 0.3) is 0 Å². The molecule has 0 unspecified atom stereocenters. The van der Waals surface area contributed by atoms with E-state index < -0.39 is 11.2 Å². The van der Waals surface area contributed by atoms with Crippen molar-refractivity contribution in [2.24, 2.45) is 5.92 Å². The van der Waals surface area contributed by atoms with Crippen LogP contribution in [0.2, 0.25) is 0 Å². The Kier molecular flexibility index (Phi) is 7.88. The molecule has 3 aromatic rings. The molecule has 0 aliphatic carbocycles. The molecule has 3 heterocycles. The van der Waals surface area contributed by atoms with Crippen molar-refractivity contribution in [1.29, 1.82) is 0 Å². The second-order valence-electron chi connectivity index (χ2n) is 8.27. The predicted molar refractivity (Wildman–Crippen MR) is 133 cm³/mol. The van der Waals surface area contributed by atoms with Crippen molar-refractivity contribution >= 4 is 23.4 Å². The normalized spacial score (nSPS) is 14.0. The molecule has 0 saturated carbocycles. The van der Waals surface area contributed by atoms with E-state index in [1.807, 2.05) is 35.2 Å². The van der Waals surface area contributed by atoms with Crippen LogP contribution in [0.5, 0.6) is 0 Å². The molecule has 0 spiro atoms. The second kappa shape index (κ2) is 11.4. The SMILES string of the molecule is COCCn1c(NC(=O)C2CCN(c3ncccn3)CC2)c(NCc2ccccc2)c(=O)[nH]c1=O. The van der Waals surface area contributed by atoms with Gasteiger partial charge < -0.3 is 20.3 Å². The maximum atomic E-state index is 13.2. The number of benzene rings is 1. The maximum absolute atomic E-state index is 13.2. The fourth-order valence-corrected chi connectivity index (χ4v) is 4.06. The molecule has 1 aromatic carbocycles. The summed E-state index contributed by atoms with van der Waals surface area (Å²) in [4.78, 5) is 51.5. The van der Waals surface area contributed by atoms with Crippen LogP contribution in [0, 0.1) is 5.92 Å². The highest BCUT2D eigenvalue weighted by Gasteiger charge is 2.28. The smallest absolute Gasteiger partial charge is 0.330 e. The molecule has 4 rings (SSSR count). The van der Waals surface area contributed by atoms with Gasteiger partial charge >= 0.3 is 5.69 Å². The highest BCUT2D eigenvalue weighted by Crippen LogP contribution is 2.23. The monoisotopic (exact) mass is 479 g/mol. The third kappa shape index (κ3) is 5.93. The Labute approximate surface area is 202 Å². The fraction of sp³-hybridized carbons (Fsp3) is 0.375. The molecule has 1 aliphatic rings. The molecule has 1 fully saturated rings. The molecule has 0 atom stereocenters. The molecular formula is C24H29N7O4. The molecular weight excluding hydrogens is 450 g/mol. The third-order valence-electron chi connectivity index (χ3n) is 5.97. The van der Waals surface area contributed by atoms with Gasteiger partial charge in [0.15, 0.2) is 0 Å². The van der Waals surface area contributed by atoms with Crippen molar-refractivity contribution < 1.29 is 9.53 Å². The molecule has 184 valence electrons. The lowest BCUT2D eigenvalue weighted by atomic mass is 9.96. The molecule has 3 N–H and O–H groups in total. The van der Waals surface area contributed by atoms with Crippen molar-refractivity contribution in [3.8, 4) is 0 Å². The van der Waals surface area contributed by atoms with E-state index in [0.717, 1.165) is 5.56 Å². The van der Waals surface area contributed by atoms with E-state index in [4.69, 9.17) is 4.74 Å². The number of hydrogen-bond donors (Lipinski definition) is 3. The van der Waals surface area contributed by atoms with Crippen LogP contribution < -0.4 is 26.8 Å². The van der Waals surface area contributed by atoms with Crippen molar-refractivity contribution in [3.05, 3.63) is 75.2 Å². The zero-order valence-corrected chi connectivity index (χ0v) is 19.6. The quantitative estimate of drug-likeness (QED) is 0.420. The predicted octanol–water partition coefficient (Wildman–Crippen LogP) is 1.44. The van der Waals surface area contributed by atoms with Gasteiger partial charge in [-0.15, -0.1) is 0 Å². The van der Waals surface area contributed by atoms with E-state index in [-0.39, 0.29) is 36.5 Å². The van der Waals surface area contributed by atoms with Gasteiger partial charge in [0.05, 0.1) is 13.2 Å². The highest BCUT2D eigenvalue weighted by atomic mass is 16.5. The lowest BCUT2D eigenvalue weighted by Crippen LogP contribution is -2.41. The van der Waals surface area contributed by atoms with E-state index in [2.05, 4.69) is 25.6 Å². The van der Waals surface area contributed by atoms with Gasteiger partial charge in [0.2, 0.25) is 11.9 Å². The number of hydrogen-bond acceptors (Lipinski definition) is 8. The van der Waals surface area contributed by atoms with Gasteiger partial charge in [0.25, 0.3) is 5.56 Å². The zero-order chi connectivity index (χ0) is 24.6. The summed E-state index contributed by atoms with van der Waals surface area (Å²) in [6.45, 7) is 2.03. The van der Waals surface area contributed by atoms with Gasteiger partial charge in [-0.1, -0.05) is 30.3 Å². The van der Waals surface area contributed by atoms with Gasteiger partial charge in [-0.2, -0.15) is 0 Å². The summed E-state index contributed by atoms with van der Waals surface area (Å²) < 4.78 is 6.45. The van der Waals surface area contributed by atoms with E-state index in [1.165, 1.54) is 11.7 Å². The maximum Gasteiger partial charge on any atom is 0.330 e. The first-order chi connectivity index (χ1) is 17.1. The van der Waals surface area contributed by atoms with E-state index in [0.29, 0.717) is 38.4 Å². The first-order valence-corrected chi connectivity index (χ1v) is 11.5. The fourth-order valence-electron chi connectivity index (χ4n) is 4.06. The van der Waals surface area contributed by atoms with Gasteiger partial charge in [-0.05, 0) is 24.5 Å². The van der Waals surface area contributed by atoms with Crippen LogP contribution >= 0.6 is 0 Å². The second-order valence-corrected chi connectivity index (χ2v) is 8.27. The van der Waals surface area contributed by atoms with Gasteiger partial charge in [-0.3, -0.25) is 19.1 Å². The lowest BCUT2D eigenvalue weighted by molar-refractivity contribution is -0.120. The number of H-pyrrole nitrogens is 1. The summed E-state index contributed by atoms with van der Waals surface area (Å²) in [6.07, 6.45) is 4.58. The summed E-state index contributed by atoms with van der Waals surface area (Å²) in [5.41, 5.74) is -0.114. The van der Waals surface area contributed by atoms with Crippen LogP contribution in [0.15, 0.2) is 58.4 Å². The number of rotatable bonds is 9. The third-order valence-corrected chi connectivity index (χ3v) is 5.97. The van der Waals surface area contributed by atoms with Crippen molar-refractivity contribution in [1.82, 2.24) is 19.5 Å². The molecule has 11 heteroatoms. The minimum atomic E-state index is -0.608. The van der Waals surface area contributed by atoms with Gasteiger partial charge in [0, 0.05) is 45.1 Å². The molecule has 1 saturated heterocycles. The number of aromatic amines is 1. The average molecular weight is 480 g/mol. The van der Waals surface area contributed by atoms with Crippen molar-refractivity contribution in [2.45, 2.75) is 25.9 Å². The van der Waals surface area contributed by atoms with E-state index in [9.17, 15) is 14.4 Å². The number of nitrogens with one attached hydrogen (secondary N) is 3. The number of carbonyl (C=O) groups is 1. The molecule has 1 amide bonds. The average Bonchev–Trinajstić information content (AvgIpc) is 2.89. The molecule has 11 nitrogen and oxygen atoms in total. The summed E-state index contributed by atoms with van der Waals surface area (Å²) in [5.74, 6) is 0.270. The van der Waals surface area contributed by atoms with E-state index >= 15 is 0 Å². The summed E-state index contributed by atoms with van der Waals surface area (Å²) in [7, 11) is 1.52. The first-order valence-electron chi connectivity index (χ1n) is 11.5. The number of nitrogens with zero attached hydrogens (tertiary/aromatic N) is 4. The van der Waals surface area contributed by atoms with Crippen molar-refractivity contribution in [3.63, 3.8) is 0 Å². The Morgan fingerprint density at radius 1 is 1.11 bits per heavy atom. The van der Waals surface area contributed by atoms with Crippen molar-refractivity contribution in [2.75, 3.05) is 42.3 Å². The summed E-state index contributed by atoms with van der Waals surface area (Å²) in [5, 5.41) is 5.96. The largest absolute Gasteiger partial charge is 0.383 e. The number of methoxy groups -OCH3 is 1.